The van der Waals surface area contributed by atoms with Crippen molar-refractivity contribution >= 4 is 43.0 Å². The van der Waals surface area contributed by atoms with Crippen LogP contribution in [-0.2, 0) is 14.0 Å². The molecule has 1 rings (SSSR count). The minimum Gasteiger partial charge on any atom is -0.414 e. The number of ether oxygens (including phenoxy) is 1. The molecule has 2 unspecified atom stereocenters. The number of nitrogens with zero attached hydrogens (tertiary/aromatic N) is 2. The van der Waals surface area contributed by atoms with Gasteiger partial charge >= 0.3 is 7.12 Å². The Balaban J connectivity index is 2.94. The van der Waals surface area contributed by atoms with Crippen LogP contribution in [0.25, 0.3) is 0 Å². The fourth-order valence-electron chi connectivity index (χ4n) is 2.80. The fraction of sp³-hybridized carbons (Fsp3) is 0.765. The van der Waals surface area contributed by atoms with E-state index in [1.54, 1.807) is 18.9 Å². The first kappa shape index (κ1) is 25.3. The monoisotopic (exact) mass is 434 g/mol. The molecule has 3 atom stereocenters. The van der Waals surface area contributed by atoms with Crippen LogP contribution in [0.15, 0.2) is 20.8 Å². The Labute approximate surface area is 177 Å². The zero-order valence-electron chi connectivity index (χ0n) is 16.9. The first-order chi connectivity index (χ1) is 13.5. The van der Waals surface area contributed by atoms with Gasteiger partial charge in [-0.3, -0.25) is 9.98 Å². The van der Waals surface area contributed by atoms with E-state index < -0.39 is 0 Å². The normalized spacial score (nSPS) is 23.5. The molecule has 0 aliphatic heterocycles. The van der Waals surface area contributed by atoms with E-state index in [1.807, 2.05) is 6.82 Å². The third kappa shape index (κ3) is 8.71. The Bertz CT molecular complexity index is 541. The van der Waals surface area contributed by atoms with Crippen molar-refractivity contribution in [3.05, 3.63) is 10.9 Å². The van der Waals surface area contributed by atoms with Crippen LogP contribution in [0.2, 0.25) is 6.82 Å². The summed E-state index contributed by atoms with van der Waals surface area (Å²) in [6.45, 7) is 7.64. The summed E-state index contributed by atoms with van der Waals surface area (Å²) in [5.41, 5.74) is 6.38. The van der Waals surface area contributed by atoms with E-state index in [9.17, 15) is 0 Å². The Morgan fingerprint density at radius 3 is 2.82 bits per heavy atom. The maximum Gasteiger partial charge on any atom is 0.453 e. The molecule has 0 aromatic rings. The number of hydrogen-bond donors (Lipinski definition) is 3. The first-order valence-corrected chi connectivity index (χ1v) is 10.9. The fourth-order valence-corrected chi connectivity index (χ4v) is 3.53. The smallest absolute Gasteiger partial charge is 0.414 e. The van der Waals surface area contributed by atoms with Crippen molar-refractivity contribution in [3.8, 4) is 0 Å². The maximum absolute atomic E-state index is 9.02. The second-order valence-electron chi connectivity index (χ2n) is 6.32. The summed E-state index contributed by atoms with van der Waals surface area (Å²) in [7, 11) is 1.23. The van der Waals surface area contributed by atoms with E-state index in [1.165, 1.54) is 0 Å². The van der Waals surface area contributed by atoms with Gasteiger partial charge in [-0.25, -0.2) is 0 Å². The van der Waals surface area contributed by atoms with Gasteiger partial charge in [-0.2, -0.15) is 0 Å². The summed E-state index contributed by atoms with van der Waals surface area (Å²) in [5, 5.41) is 12.5. The summed E-state index contributed by atoms with van der Waals surface area (Å²) in [6, 6.07) is -0.107. The van der Waals surface area contributed by atoms with Gasteiger partial charge in [-0.1, -0.05) is 18.5 Å². The van der Waals surface area contributed by atoms with Crippen LogP contribution < -0.4 is 11.1 Å². The lowest BCUT2D eigenvalue weighted by Crippen LogP contribution is -2.45. The van der Waals surface area contributed by atoms with Crippen LogP contribution in [0, 0.1) is 0 Å². The number of thioether (sulfide) groups is 1. The van der Waals surface area contributed by atoms with Crippen molar-refractivity contribution in [1.29, 1.82) is 0 Å². The molecular weight excluding hydrogens is 403 g/mol. The summed E-state index contributed by atoms with van der Waals surface area (Å²) in [5.74, 6) is 2.02. The second kappa shape index (κ2) is 14.2. The molecule has 1 aliphatic rings. The van der Waals surface area contributed by atoms with E-state index in [0.717, 1.165) is 12.2 Å². The minimum atomic E-state index is -0.363. The number of rotatable bonds is 13. The quantitative estimate of drug-likeness (QED) is 0.133. The molecule has 28 heavy (non-hydrogen) atoms. The molecule has 11 heteroatoms. The standard InChI is InChI=1S/C17H32BClN4O4S/c1-5-8-28-11-22-17(15(20)16(19)21-3)23-13-9-12(26-7-6-24)10-14(13)27-18(2)25-4/h12-14,24H,3,5-11,20H2,1-2,4H3,(H,22,23)/b16-15+/t12?,13?,14-/m1/s1. The van der Waals surface area contributed by atoms with Gasteiger partial charge in [-0.15, -0.1) is 11.8 Å². The molecule has 0 saturated heterocycles. The van der Waals surface area contributed by atoms with Gasteiger partial charge in [0.1, 0.15) is 11.5 Å². The van der Waals surface area contributed by atoms with Crippen LogP contribution in [-0.4, -0.2) is 75.0 Å². The molecule has 0 aromatic heterocycles. The molecule has 0 bridgehead atoms. The zero-order chi connectivity index (χ0) is 20.9. The Kier molecular flexibility index (Phi) is 12.9. The third-order valence-electron chi connectivity index (χ3n) is 4.20. The largest absolute Gasteiger partial charge is 0.453 e. The molecule has 0 aromatic carbocycles. The SMILES string of the molecule is C=N/C(Cl)=C(N)\C(=N/CSCCC)NC1CC(OCCO)C[C@H]1OB(C)OC. The Hall–Kier alpha value is -0.775. The molecule has 1 fully saturated rings. The van der Waals surface area contributed by atoms with Crippen molar-refractivity contribution in [2.75, 3.05) is 32.0 Å². The average Bonchev–Trinajstić information content (AvgIpc) is 3.08. The summed E-state index contributed by atoms with van der Waals surface area (Å²) in [4.78, 5) is 8.26. The average molecular weight is 435 g/mol. The summed E-state index contributed by atoms with van der Waals surface area (Å²) >= 11 is 7.77. The zero-order valence-corrected chi connectivity index (χ0v) is 18.5. The lowest BCUT2D eigenvalue weighted by Gasteiger charge is -2.24. The number of nitrogens with one attached hydrogen (secondary N) is 1. The van der Waals surface area contributed by atoms with Crippen LogP contribution in [0.4, 0.5) is 0 Å². The third-order valence-corrected chi connectivity index (χ3v) is 5.54. The first-order valence-electron chi connectivity index (χ1n) is 9.38. The number of nitrogens with two attached hydrogens (primary N) is 1. The van der Waals surface area contributed by atoms with Gasteiger partial charge in [0, 0.05) is 13.5 Å². The molecule has 8 nitrogen and oxygen atoms in total. The van der Waals surface area contributed by atoms with Gasteiger partial charge in [0.25, 0.3) is 0 Å². The molecule has 0 amide bonds. The van der Waals surface area contributed by atoms with Gasteiger partial charge in [0.15, 0.2) is 5.16 Å². The van der Waals surface area contributed by atoms with Gasteiger partial charge < -0.3 is 30.2 Å². The minimum absolute atomic E-state index is 0.0216. The number of hydrogen-bond acceptors (Lipinski definition) is 8. The number of aliphatic hydroxyl groups is 1. The van der Waals surface area contributed by atoms with E-state index in [-0.39, 0.29) is 49.4 Å². The molecule has 0 heterocycles. The highest BCUT2D eigenvalue weighted by atomic mass is 35.5. The van der Waals surface area contributed by atoms with Crippen LogP contribution in [0.1, 0.15) is 26.2 Å². The van der Waals surface area contributed by atoms with E-state index >= 15 is 0 Å². The van der Waals surface area contributed by atoms with Crippen molar-refractivity contribution in [2.24, 2.45) is 15.7 Å². The second-order valence-corrected chi connectivity index (χ2v) is 7.76. The number of aliphatic imine (C=N–C) groups is 2. The molecule has 160 valence electrons. The maximum atomic E-state index is 9.02. The van der Waals surface area contributed by atoms with E-state index in [4.69, 9.17) is 36.5 Å². The Morgan fingerprint density at radius 1 is 1.46 bits per heavy atom. The van der Waals surface area contributed by atoms with Crippen LogP contribution in [0.3, 0.4) is 0 Å². The lowest BCUT2D eigenvalue weighted by atomic mass is 9.94. The molecule has 1 aliphatic carbocycles. The molecule has 0 radical (unpaired) electrons. The van der Waals surface area contributed by atoms with Crippen LogP contribution in [0.5, 0.6) is 0 Å². The number of aliphatic hydroxyl groups excluding tert-OH is 1. The highest BCUT2D eigenvalue weighted by molar-refractivity contribution is 7.99. The lowest BCUT2D eigenvalue weighted by molar-refractivity contribution is 0.0254. The van der Waals surface area contributed by atoms with Crippen LogP contribution >= 0.6 is 23.4 Å². The number of halogens is 1. The van der Waals surface area contributed by atoms with Crippen molar-refractivity contribution < 1.29 is 19.2 Å². The van der Waals surface area contributed by atoms with Gasteiger partial charge in [-0.05, 0) is 32.1 Å². The summed E-state index contributed by atoms with van der Waals surface area (Å²) < 4.78 is 16.9. The van der Waals surface area contributed by atoms with Gasteiger partial charge in [0.05, 0.1) is 37.3 Å². The highest BCUT2D eigenvalue weighted by Crippen LogP contribution is 2.27. The predicted octanol–water partition coefficient (Wildman–Crippen LogP) is 1.83. The number of amidine groups is 1. The molecule has 1 saturated carbocycles. The Morgan fingerprint density at radius 2 is 2.21 bits per heavy atom. The van der Waals surface area contributed by atoms with E-state index in [2.05, 4.69) is 28.9 Å². The van der Waals surface area contributed by atoms with Crippen molar-refractivity contribution in [1.82, 2.24) is 5.32 Å². The molecule has 4 N–H and O–H groups in total. The van der Waals surface area contributed by atoms with E-state index in [0.29, 0.717) is 24.6 Å². The summed E-state index contributed by atoms with van der Waals surface area (Å²) in [6.07, 6.45) is 2.19. The molecule has 0 spiro atoms. The van der Waals surface area contributed by atoms with Gasteiger partial charge in [0.2, 0.25) is 0 Å². The topological polar surface area (TPSA) is 111 Å². The highest BCUT2D eigenvalue weighted by Gasteiger charge is 2.38. The van der Waals surface area contributed by atoms with Crippen molar-refractivity contribution in [3.63, 3.8) is 0 Å². The van der Waals surface area contributed by atoms with Crippen molar-refractivity contribution in [2.45, 2.75) is 51.3 Å². The molecular formula is C17H32BClN4O4S. The predicted molar refractivity (Wildman–Crippen MR) is 118 cm³/mol.